The largest absolute Gasteiger partial charge is 0.457 e. The number of benzene rings is 1. The Bertz CT molecular complexity index is 1130. The van der Waals surface area contributed by atoms with E-state index >= 15 is 0 Å². The van der Waals surface area contributed by atoms with Gasteiger partial charge in [-0.1, -0.05) is 25.1 Å². The molecule has 6 heteroatoms. The molecule has 3 aromatic rings. The van der Waals surface area contributed by atoms with Gasteiger partial charge >= 0.3 is 5.97 Å². The van der Waals surface area contributed by atoms with E-state index in [9.17, 15) is 9.59 Å². The quantitative estimate of drug-likeness (QED) is 0.540. The molecular weight excluding hydrogens is 354 g/mol. The van der Waals surface area contributed by atoms with Crippen LogP contribution in [0.5, 0.6) is 0 Å². The summed E-state index contributed by atoms with van der Waals surface area (Å²) in [6.07, 6.45) is 0.274. The lowest BCUT2D eigenvalue weighted by molar-refractivity contribution is -0.149. The van der Waals surface area contributed by atoms with Gasteiger partial charge in [0.25, 0.3) is 5.56 Å². The van der Waals surface area contributed by atoms with Gasteiger partial charge in [-0.15, -0.1) is 0 Å². The van der Waals surface area contributed by atoms with Crippen molar-refractivity contribution in [2.24, 2.45) is 5.73 Å². The maximum Gasteiger partial charge on any atom is 0.307 e. The van der Waals surface area contributed by atoms with Crippen LogP contribution >= 0.6 is 0 Å². The van der Waals surface area contributed by atoms with Gasteiger partial charge in [-0.2, -0.15) is 0 Å². The Kier molecular flexibility index (Phi) is 4.73. The van der Waals surface area contributed by atoms with Crippen molar-refractivity contribution >= 4 is 16.9 Å². The Morgan fingerprint density at radius 2 is 2.11 bits per heavy atom. The van der Waals surface area contributed by atoms with Crippen LogP contribution in [0.25, 0.3) is 22.3 Å². The minimum atomic E-state index is -0.470. The molecule has 2 N–H and O–H groups in total. The van der Waals surface area contributed by atoms with Gasteiger partial charge in [0.2, 0.25) is 0 Å². The molecule has 0 aliphatic carbocycles. The smallest absolute Gasteiger partial charge is 0.307 e. The van der Waals surface area contributed by atoms with Gasteiger partial charge < -0.3 is 15.0 Å². The molecule has 0 saturated heterocycles. The Morgan fingerprint density at radius 1 is 1.32 bits per heavy atom. The summed E-state index contributed by atoms with van der Waals surface area (Å²) in [4.78, 5) is 29.8. The number of carbonyl (C=O) groups excluding carboxylic acids is 1. The van der Waals surface area contributed by atoms with Crippen LogP contribution < -0.4 is 11.3 Å². The molecule has 0 bridgehead atoms. The first-order valence-electron chi connectivity index (χ1n) is 9.56. The Hall–Kier alpha value is -2.99. The first-order valence-corrected chi connectivity index (χ1v) is 9.56. The van der Waals surface area contributed by atoms with E-state index in [0.717, 1.165) is 33.4 Å². The molecule has 0 radical (unpaired) electrons. The summed E-state index contributed by atoms with van der Waals surface area (Å²) >= 11 is 0. The van der Waals surface area contributed by atoms with Gasteiger partial charge in [-0.05, 0) is 31.5 Å². The summed E-state index contributed by atoms with van der Waals surface area (Å²) < 4.78 is 7.35. The summed E-state index contributed by atoms with van der Waals surface area (Å²) in [5, 5.41) is 1.06. The van der Waals surface area contributed by atoms with Crippen LogP contribution in [0.1, 0.15) is 42.6 Å². The average Bonchev–Trinajstić information content (AvgIpc) is 3.05. The molecule has 1 aliphatic rings. The lowest BCUT2D eigenvalue weighted by Gasteiger charge is -2.20. The number of aromatic nitrogens is 2. The first-order chi connectivity index (χ1) is 13.5. The summed E-state index contributed by atoms with van der Waals surface area (Å²) in [7, 11) is 0. The highest BCUT2D eigenvalue weighted by Crippen LogP contribution is 2.34. The van der Waals surface area contributed by atoms with Crippen molar-refractivity contribution in [3.8, 4) is 11.4 Å². The number of nitrogens with two attached hydrogens (primary N) is 1. The highest BCUT2D eigenvalue weighted by atomic mass is 16.5. The lowest BCUT2D eigenvalue weighted by atomic mass is 10.0. The molecule has 2 aromatic heterocycles. The zero-order valence-corrected chi connectivity index (χ0v) is 16.1. The second-order valence-electron chi connectivity index (χ2n) is 7.12. The molecule has 1 atom stereocenters. The van der Waals surface area contributed by atoms with Gasteiger partial charge in [0.1, 0.15) is 6.10 Å². The Labute approximate surface area is 163 Å². The van der Waals surface area contributed by atoms with E-state index < -0.39 is 6.10 Å². The molecule has 0 amide bonds. The van der Waals surface area contributed by atoms with Crippen molar-refractivity contribution in [2.45, 2.75) is 39.3 Å². The third-order valence-electron chi connectivity index (χ3n) is 5.30. The fourth-order valence-electron chi connectivity index (χ4n) is 3.83. The van der Waals surface area contributed by atoms with E-state index in [1.165, 1.54) is 0 Å². The first kappa shape index (κ1) is 18.4. The van der Waals surface area contributed by atoms with Crippen LogP contribution in [0.15, 0.2) is 41.2 Å². The van der Waals surface area contributed by atoms with Crippen LogP contribution in [-0.4, -0.2) is 22.1 Å². The fraction of sp³-hybridized carbons (Fsp3) is 0.318. The average molecular weight is 377 g/mol. The van der Waals surface area contributed by atoms with Crippen LogP contribution in [-0.2, 0) is 16.1 Å². The number of nitrogens with zero attached hydrogens (tertiary/aromatic N) is 2. The minimum Gasteiger partial charge on any atom is -0.457 e. The van der Waals surface area contributed by atoms with Gasteiger partial charge in [-0.3, -0.25) is 9.59 Å². The molecule has 0 saturated carbocycles. The topological polar surface area (TPSA) is 87.2 Å². The Balaban J connectivity index is 1.83. The number of para-hydroxylation sites is 1. The number of esters is 1. The molecule has 28 heavy (non-hydrogen) atoms. The van der Waals surface area contributed by atoms with Crippen LogP contribution in [0, 0.1) is 6.92 Å². The van der Waals surface area contributed by atoms with Crippen LogP contribution in [0.2, 0.25) is 0 Å². The Morgan fingerprint density at radius 3 is 2.86 bits per heavy atom. The summed E-state index contributed by atoms with van der Waals surface area (Å²) in [5.41, 5.74) is 10.2. The highest BCUT2D eigenvalue weighted by molar-refractivity contribution is 5.84. The van der Waals surface area contributed by atoms with Crippen molar-refractivity contribution in [1.82, 2.24) is 9.55 Å². The third-order valence-corrected chi connectivity index (χ3v) is 5.30. The predicted octanol–water partition coefficient (Wildman–Crippen LogP) is 3.08. The SMILES string of the molecule is CCC(OC(=O)CCN)c1cc2n(c(=O)c1C)Cc1cc3ccccc3nc1-2. The van der Waals surface area contributed by atoms with E-state index in [1.807, 2.05) is 37.3 Å². The number of carbonyl (C=O) groups is 1. The molecule has 0 fully saturated rings. The minimum absolute atomic E-state index is 0.0668. The molecule has 6 nitrogen and oxygen atoms in total. The number of pyridine rings is 2. The maximum atomic E-state index is 13.0. The normalized spacial score (nSPS) is 13.2. The predicted molar refractivity (Wildman–Crippen MR) is 108 cm³/mol. The molecule has 1 aromatic carbocycles. The van der Waals surface area contributed by atoms with Crippen molar-refractivity contribution < 1.29 is 9.53 Å². The van der Waals surface area contributed by atoms with Gasteiger partial charge in [0.15, 0.2) is 0 Å². The molecule has 144 valence electrons. The van der Waals surface area contributed by atoms with E-state index in [0.29, 0.717) is 18.5 Å². The zero-order valence-electron chi connectivity index (χ0n) is 16.1. The van der Waals surface area contributed by atoms with Gasteiger partial charge in [-0.25, -0.2) is 4.98 Å². The van der Waals surface area contributed by atoms with Crippen molar-refractivity contribution in [1.29, 1.82) is 0 Å². The summed E-state index contributed by atoms with van der Waals surface area (Å²) in [5.74, 6) is -0.348. The molecule has 1 unspecified atom stereocenters. The standard InChI is InChI=1S/C22H23N3O3/c1-3-19(28-20(26)8-9-23)16-11-18-21-15(12-25(18)22(27)13(16)2)10-14-6-4-5-7-17(14)24-21/h4-7,10-11,19H,3,8-9,12,23H2,1-2H3. The van der Waals surface area contributed by atoms with E-state index in [4.69, 9.17) is 15.5 Å². The number of fused-ring (bicyclic) bond motifs is 4. The van der Waals surface area contributed by atoms with Crippen LogP contribution in [0.3, 0.4) is 0 Å². The van der Waals surface area contributed by atoms with Gasteiger partial charge in [0, 0.05) is 28.6 Å². The second kappa shape index (κ2) is 7.20. The van der Waals surface area contributed by atoms with Crippen molar-refractivity contribution in [3.05, 3.63) is 63.4 Å². The number of ether oxygens (including phenoxy) is 1. The molecule has 3 heterocycles. The van der Waals surface area contributed by atoms with E-state index in [1.54, 1.807) is 11.5 Å². The third kappa shape index (κ3) is 2.99. The molecule has 1 aliphatic heterocycles. The van der Waals surface area contributed by atoms with Gasteiger partial charge in [0.05, 0.1) is 29.9 Å². The monoisotopic (exact) mass is 377 g/mol. The zero-order chi connectivity index (χ0) is 19.8. The maximum absolute atomic E-state index is 13.0. The molecule has 4 rings (SSSR count). The van der Waals surface area contributed by atoms with E-state index in [-0.39, 0.29) is 24.5 Å². The summed E-state index contributed by atoms with van der Waals surface area (Å²) in [6.45, 7) is 4.47. The van der Waals surface area contributed by atoms with Crippen molar-refractivity contribution in [2.75, 3.05) is 6.54 Å². The van der Waals surface area contributed by atoms with Crippen molar-refractivity contribution in [3.63, 3.8) is 0 Å². The molecular formula is C22H23N3O3. The number of hydrogen-bond donors (Lipinski definition) is 1. The lowest BCUT2D eigenvalue weighted by Crippen LogP contribution is -2.25. The second-order valence-corrected chi connectivity index (χ2v) is 7.12. The number of rotatable bonds is 5. The fourth-order valence-corrected chi connectivity index (χ4v) is 3.83. The number of hydrogen-bond acceptors (Lipinski definition) is 5. The van der Waals surface area contributed by atoms with Crippen LogP contribution in [0.4, 0.5) is 0 Å². The van der Waals surface area contributed by atoms with E-state index in [2.05, 4.69) is 6.07 Å². The molecule has 0 spiro atoms. The summed E-state index contributed by atoms with van der Waals surface area (Å²) in [6, 6.07) is 12.0. The highest BCUT2D eigenvalue weighted by Gasteiger charge is 2.27.